The first-order chi connectivity index (χ1) is 6.73. The standard InChI is InChI=1S/C8H19N3O3S/c1-6(2)15(13,14)11(4)5-7(3)8(9)10-12/h6-7,12H,5H2,1-4H3,(H2,9,10). The van der Waals surface area contributed by atoms with Gasteiger partial charge in [-0.2, -0.15) is 0 Å². The number of sulfonamides is 1. The van der Waals surface area contributed by atoms with Gasteiger partial charge in [-0.15, -0.1) is 0 Å². The van der Waals surface area contributed by atoms with Crippen molar-refractivity contribution in [1.29, 1.82) is 0 Å². The molecule has 0 aliphatic carbocycles. The van der Waals surface area contributed by atoms with Crippen LogP contribution in [-0.2, 0) is 10.0 Å². The average molecular weight is 237 g/mol. The summed E-state index contributed by atoms with van der Waals surface area (Å²) < 4.78 is 24.5. The molecule has 0 amide bonds. The van der Waals surface area contributed by atoms with Crippen LogP contribution in [-0.4, -0.2) is 42.6 Å². The molecule has 3 N–H and O–H groups in total. The zero-order valence-electron chi connectivity index (χ0n) is 9.51. The Bertz CT molecular complexity index is 324. The van der Waals surface area contributed by atoms with Crippen LogP contribution < -0.4 is 5.73 Å². The second-order valence-corrected chi connectivity index (χ2v) is 6.40. The summed E-state index contributed by atoms with van der Waals surface area (Å²) in [5.74, 6) is -0.283. The SMILES string of the molecule is CC(CN(C)S(=O)(=O)C(C)C)C(N)=NO. The van der Waals surface area contributed by atoms with Gasteiger partial charge in [0.2, 0.25) is 10.0 Å². The Kier molecular flexibility index (Phi) is 5.02. The average Bonchev–Trinajstić information content (AvgIpc) is 2.15. The number of amidine groups is 1. The van der Waals surface area contributed by atoms with Gasteiger partial charge in [0.05, 0.1) is 5.25 Å². The van der Waals surface area contributed by atoms with Crippen LogP contribution in [0, 0.1) is 5.92 Å². The third-order valence-corrected chi connectivity index (χ3v) is 4.39. The first-order valence-corrected chi connectivity index (χ1v) is 6.16. The molecule has 0 saturated heterocycles. The lowest BCUT2D eigenvalue weighted by Crippen LogP contribution is -2.39. The molecular weight excluding hydrogens is 218 g/mol. The molecule has 0 heterocycles. The fourth-order valence-corrected chi connectivity index (χ4v) is 2.19. The van der Waals surface area contributed by atoms with Gasteiger partial charge in [0.1, 0.15) is 5.84 Å². The molecule has 0 aliphatic heterocycles. The molecular formula is C8H19N3O3S. The molecule has 15 heavy (non-hydrogen) atoms. The molecule has 1 unspecified atom stereocenters. The highest BCUT2D eigenvalue weighted by Crippen LogP contribution is 2.09. The lowest BCUT2D eigenvalue weighted by atomic mass is 10.2. The number of nitrogens with zero attached hydrogens (tertiary/aromatic N) is 2. The van der Waals surface area contributed by atoms with Gasteiger partial charge in [-0.25, -0.2) is 12.7 Å². The van der Waals surface area contributed by atoms with E-state index in [1.807, 2.05) is 0 Å². The molecule has 0 radical (unpaired) electrons. The predicted octanol–water partition coefficient (Wildman–Crippen LogP) is 0.0389. The topological polar surface area (TPSA) is 96.0 Å². The molecule has 0 aliphatic rings. The summed E-state index contributed by atoms with van der Waals surface area (Å²) in [7, 11) is -1.79. The van der Waals surface area contributed by atoms with E-state index in [0.717, 1.165) is 0 Å². The van der Waals surface area contributed by atoms with Gasteiger partial charge in [0.15, 0.2) is 0 Å². The van der Waals surface area contributed by atoms with Crippen LogP contribution in [0.1, 0.15) is 20.8 Å². The molecule has 0 aromatic rings. The Morgan fingerprint density at radius 3 is 2.27 bits per heavy atom. The first-order valence-electron chi connectivity index (χ1n) is 4.66. The van der Waals surface area contributed by atoms with E-state index >= 15 is 0 Å². The maximum atomic E-state index is 11.7. The van der Waals surface area contributed by atoms with Crippen molar-refractivity contribution < 1.29 is 13.6 Å². The van der Waals surface area contributed by atoms with Crippen LogP contribution >= 0.6 is 0 Å². The molecule has 0 rings (SSSR count). The number of nitrogens with two attached hydrogens (primary N) is 1. The van der Waals surface area contributed by atoms with Crippen molar-refractivity contribution in [3.63, 3.8) is 0 Å². The molecule has 1 atom stereocenters. The summed E-state index contributed by atoms with van der Waals surface area (Å²) in [6.07, 6.45) is 0. The molecule has 0 fully saturated rings. The van der Waals surface area contributed by atoms with E-state index in [1.165, 1.54) is 11.4 Å². The fourth-order valence-electron chi connectivity index (χ4n) is 1.04. The van der Waals surface area contributed by atoms with Gasteiger partial charge in [-0.1, -0.05) is 12.1 Å². The van der Waals surface area contributed by atoms with Crippen molar-refractivity contribution in [3.8, 4) is 0 Å². The highest BCUT2D eigenvalue weighted by Gasteiger charge is 2.24. The highest BCUT2D eigenvalue weighted by molar-refractivity contribution is 7.89. The number of rotatable bonds is 5. The Labute approximate surface area is 90.8 Å². The lowest BCUT2D eigenvalue weighted by molar-refractivity contribution is 0.312. The minimum atomic E-state index is -3.27. The summed E-state index contributed by atoms with van der Waals surface area (Å²) in [6, 6.07) is 0. The molecule has 0 saturated carbocycles. The maximum Gasteiger partial charge on any atom is 0.216 e. The van der Waals surface area contributed by atoms with Crippen molar-refractivity contribution in [2.24, 2.45) is 16.8 Å². The van der Waals surface area contributed by atoms with Gasteiger partial charge in [0.25, 0.3) is 0 Å². The number of hydrogen-bond donors (Lipinski definition) is 2. The van der Waals surface area contributed by atoms with Crippen LogP contribution in [0.3, 0.4) is 0 Å². The minimum absolute atomic E-state index is 0.0285. The number of oxime groups is 1. The third-order valence-electron chi connectivity index (χ3n) is 2.18. The quantitative estimate of drug-likeness (QED) is 0.305. The second-order valence-electron chi connectivity index (χ2n) is 3.80. The summed E-state index contributed by atoms with van der Waals surface area (Å²) in [5.41, 5.74) is 5.36. The van der Waals surface area contributed by atoms with Crippen LogP contribution in [0.15, 0.2) is 5.16 Å². The van der Waals surface area contributed by atoms with Crippen molar-refractivity contribution in [2.75, 3.05) is 13.6 Å². The fraction of sp³-hybridized carbons (Fsp3) is 0.875. The van der Waals surface area contributed by atoms with Crippen LogP contribution in [0.2, 0.25) is 0 Å². The van der Waals surface area contributed by atoms with E-state index in [0.29, 0.717) is 0 Å². The second kappa shape index (κ2) is 5.32. The van der Waals surface area contributed by atoms with E-state index in [1.54, 1.807) is 20.8 Å². The maximum absolute atomic E-state index is 11.7. The van der Waals surface area contributed by atoms with Gasteiger partial charge in [0, 0.05) is 19.5 Å². The Morgan fingerprint density at radius 2 is 1.93 bits per heavy atom. The summed E-state index contributed by atoms with van der Waals surface area (Å²) in [6.45, 7) is 5.12. The monoisotopic (exact) mass is 237 g/mol. The van der Waals surface area contributed by atoms with Crippen LogP contribution in [0.4, 0.5) is 0 Å². The normalized spacial score (nSPS) is 16.0. The van der Waals surface area contributed by atoms with E-state index < -0.39 is 15.3 Å². The largest absolute Gasteiger partial charge is 0.409 e. The molecule has 0 aromatic heterocycles. The Hall–Kier alpha value is -0.820. The van der Waals surface area contributed by atoms with Gasteiger partial charge < -0.3 is 10.9 Å². The van der Waals surface area contributed by atoms with E-state index in [4.69, 9.17) is 10.9 Å². The highest BCUT2D eigenvalue weighted by atomic mass is 32.2. The Balaban J connectivity index is 4.58. The number of hydrogen-bond acceptors (Lipinski definition) is 4. The molecule has 0 aromatic carbocycles. The molecule has 0 spiro atoms. The summed E-state index contributed by atoms with van der Waals surface area (Å²) in [5, 5.41) is 10.8. The van der Waals surface area contributed by atoms with Gasteiger partial charge >= 0.3 is 0 Å². The molecule has 6 nitrogen and oxygen atoms in total. The lowest BCUT2D eigenvalue weighted by Gasteiger charge is -2.22. The third kappa shape index (κ3) is 3.67. The van der Waals surface area contributed by atoms with Crippen molar-refractivity contribution in [1.82, 2.24) is 4.31 Å². The van der Waals surface area contributed by atoms with Crippen LogP contribution in [0.5, 0.6) is 0 Å². The molecule has 7 heteroatoms. The summed E-state index contributed by atoms with van der Waals surface area (Å²) in [4.78, 5) is 0. The van der Waals surface area contributed by atoms with Crippen molar-refractivity contribution in [2.45, 2.75) is 26.0 Å². The first kappa shape index (κ1) is 14.2. The van der Waals surface area contributed by atoms with Gasteiger partial charge in [-0.3, -0.25) is 0 Å². The predicted molar refractivity (Wildman–Crippen MR) is 59.3 cm³/mol. The minimum Gasteiger partial charge on any atom is -0.409 e. The van der Waals surface area contributed by atoms with Crippen LogP contribution in [0.25, 0.3) is 0 Å². The zero-order chi connectivity index (χ0) is 12.2. The van der Waals surface area contributed by atoms with E-state index in [2.05, 4.69) is 5.16 Å². The van der Waals surface area contributed by atoms with Gasteiger partial charge in [-0.05, 0) is 13.8 Å². The van der Waals surface area contributed by atoms with E-state index in [-0.39, 0.29) is 18.3 Å². The zero-order valence-corrected chi connectivity index (χ0v) is 10.3. The molecule has 90 valence electrons. The summed E-state index contributed by atoms with van der Waals surface area (Å²) >= 11 is 0. The van der Waals surface area contributed by atoms with Crippen molar-refractivity contribution in [3.05, 3.63) is 0 Å². The molecule has 0 bridgehead atoms. The van der Waals surface area contributed by atoms with E-state index in [9.17, 15) is 8.42 Å². The smallest absolute Gasteiger partial charge is 0.216 e. The Morgan fingerprint density at radius 1 is 1.47 bits per heavy atom. The van der Waals surface area contributed by atoms with Crippen molar-refractivity contribution >= 4 is 15.9 Å².